The first kappa shape index (κ1) is 11.9. The highest BCUT2D eigenvalue weighted by Crippen LogP contribution is 2.23. The van der Waals surface area contributed by atoms with Crippen LogP contribution in [0.4, 0.5) is 0 Å². The maximum absolute atomic E-state index is 4.42. The van der Waals surface area contributed by atoms with Crippen molar-refractivity contribution in [1.82, 2.24) is 10.3 Å². The molecule has 0 saturated heterocycles. The summed E-state index contributed by atoms with van der Waals surface area (Å²) in [7, 11) is 0. The fraction of sp³-hybridized carbons (Fsp3) is 0.400. The number of benzene rings is 1. The maximum atomic E-state index is 4.42. The molecular weight excluding hydrogens is 240 g/mol. The lowest BCUT2D eigenvalue weighted by molar-refractivity contribution is 0.573. The molecule has 1 aromatic carbocycles. The summed E-state index contributed by atoms with van der Waals surface area (Å²) in [6, 6.07) is 11.6. The number of thiazole rings is 1. The van der Waals surface area contributed by atoms with Crippen molar-refractivity contribution in [3.8, 4) is 0 Å². The molecule has 1 saturated carbocycles. The SMILES string of the molecule is c1ccc(C(CNC2CC2)Cc2cscn2)cc1. The fourth-order valence-electron chi connectivity index (χ4n) is 2.22. The molecule has 1 fully saturated rings. The minimum Gasteiger partial charge on any atom is -0.313 e. The Hall–Kier alpha value is -1.19. The Bertz CT molecular complexity index is 463. The van der Waals surface area contributed by atoms with E-state index in [0.717, 1.165) is 19.0 Å². The van der Waals surface area contributed by atoms with Gasteiger partial charge in [-0.2, -0.15) is 0 Å². The Kier molecular flexibility index (Phi) is 3.72. The first-order valence-electron chi connectivity index (χ1n) is 6.57. The molecule has 94 valence electrons. The predicted molar refractivity (Wildman–Crippen MR) is 76.0 cm³/mol. The van der Waals surface area contributed by atoms with Gasteiger partial charge in [0.25, 0.3) is 0 Å². The second-order valence-corrected chi connectivity index (χ2v) is 5.69. The van der Waals surface area contributed by atoms with Crippen LogP contribution in [-0.4, -0.2) is 17.6 Å². The molecule has 1 heterocycles. The van der Waals surface area contributed by atoms with Crippen LogP contribution < -0.4 is 5.32 Å². The molecule has 0 aliphatic heterocycles. The van der Waals surface area contributed by atoms with Crippen molar-refractivity contribution in [3.63, 3.8) is 0 Å². The largest absolute Gasteiger partial charge is 0.313 e. The van der Waals surface area contributed by atoms with Crippen molar-refractivity contribution < 1.29 is 0 Å². The first-order chi connectivity index (χ1) is 8.92. The van der Waals surface area contributed by atoms with Crippen LogP contribution in [0.3, 0.4) is 0 Å². The highest BCUT2D eigenvalue weighted by atomic mass is 32.1. The topological polar surface area (TPSA) is 24.9 Å². The highest BCUT2D eigenvalue weighted by molar-refractivity contribution is 7.07. The molecule has 1 atom stereocenters. The summed E-state index contributed by atoms with van der Waals surface area (Å²) in [5.74, 6) is 0.536. The average molecular weight is 258 g/mol. The fourth-order valence-corrected chi connectivity index (χ4v) is 2.79. The Balaban J connectivity index is 1.70. The van der Waals surface area contributed by atoms with Gasteiger partial charge in [-0.05, 0) is 24.8 Å². The molecule has 0 bridgehead atoms. The normalized spacial score (nSPS) is 16.7. The van der Waals surface area contributed by atoms with Crippen molar-refractivity contribution in [1.29, 1.82) is 0 Å². The monoisotopic (exact) mass is 258 g/mol. The zero-order valence-electron chi connectivity index (χ0n) is 10.4. The van der Waals surface area contributed by atoms with E-state index in [0.29, 0.717) is 5.92 Å². The standard InChI is InChI=1S/C15H18N2S/c1-2-4-12(5-3-1)13(9-16-14-6-7-14)8-15-10-18-11-17-15/h1-5,10-11,13-14,16H,6-9H2. The summed E-state index contributed by atoms with van der Waals surface area (Å²) < 4.78 is 0. The molecule has 0 radical (unpaired) electrons. The number of nitrogens with zero attached hydrogens (tertiary/aromatic N) is 1. The van der Waals surface area contributed by atoms with E-state index in [2.05, 4.69) is 46.0 Å². The van der Waals surface area contributed by atoms with Crippen molar-refractivity contribution >= 4 is 11.3 Å². The van der Waals surface area contributed by atoms with E-state index in [1.807, 2.05) is 5.51 Å². The highest BCUT2D eigenvalue weighted by Gasteiger charge is 2.22. The minimum absolute atomic E-state index is 0.536. The number of hydrogen-bond donors (Lipinski definition) is 1. The molecule has 1 unspecified atom stereocenters. The van der Waals surface area contributed by atoms with Gasteiger partial charge in [0, 0.05) is 23.9 Å². The second-order valence-electron chi connectivity index (χ2n) is 4.97. The van der Waals surface area contributed by atoms with Crippen LogP contribution in [0.5, 0.6) is 0 Å². The molecule has 18 heavy (non-hydrogen) atoms. The molecule has 1 N–H and O–H groups in total. The van der Waals surface area contributed by atoms with Crippen LogP contribution in [0.1, 0.15) is 30.0 Å². The third kappa shape index (κ3) is 3.18. The van der Waals surface area contributed by atoms with Gasteiger partial charge < -0.3 is 5.32 Å². The third-order valence-corrected chi connectivity index (χ3v) is 4.08. The summed E-state index contributed by atoms with van der Waals surface area (Å²) in [5, 5.41) is 5.80. The summed E-state index contributed by atoms with van der Waals surface area (Å²) in [5.41, 5.74) is 4.55. The van der Waals surface area contributed by atoms with E-state index in [9.17, 15) is 0 Å². The van der Waals surface area contributed by atoms with E-state index < -0.39 is 0 Å². The van der Waals surface area contributed by atoms with E-state index >= 15 is 0 Å². The van der Waals surface area contributed by atoms with Crippen LogP contribution >= 0.6 is 11.3 Å². The second kappa shape index (κ2) is 5.63. The van der Waals surface area contributed by atoms with Crippen LogP contribution in [0.15, 0.2) is 41.2 Å². The summed E-state index contributed by atoms with van der Waals surface area (Å²) in [4.78, 5) is 4.42. The zero-order valence-corrected chi connectivity index (χ0v) is 11.2. The van der Waals surface area contributed by atoms with E-state index in [1.54, 1.807) is 11.3 Å². The number of rotatable bonds is 6. The summed E-state index contributed by atoms with van der Waals surface area (Å²) in [6.45, 7) is 1.06. The van der Waals surface area contributed by atoms with Crippen LogP contribution in [0.25, 0.3) is 0 Å². The van der Waals surface area contributed by atoms with Crippen molar-refractivity contribution in [2.75, 3.05) is 6.54 Å². The molecular formula is C15H18N2S. The molecule has 1 aromatic heterocycles. The average Bonchev–Trinajstić information content (AvgIpc) is 3.11. The van der Waals surface area contributed by atoms with Crippen molar-refractivity contribution in [2.45, 2.75) is 31.2 Å². The lowest BCUT2D eigenvalue weighted by atomic mass is 9.94. The van der Waals surface area contributed by atoms with Gasteiger partial charge in [-0.1, -0.05) is 30.3 Å². The van der Waals surface area contributed by atoms with Crippen LogP contribution in [0, 0.1) is 0 Å². The number of hydrogen-bond acceptors (Lipinski definition) is 3. The van der Waals surface area contributed by atoms with Crippen LogP contribution in [-0.2, 0) is 6.42 Å². The molecule has 2 nitrogen and oxygen atoms in total. The van der Waals surface area contributed by atoms with Gasteiger partial charge in [0.1, 0.15) is 0 Å². The van der Waals surface area contributed by atoms with E-state index in [-0.39, 0.29) is 0 Å². The van der Waals surface area contributed by atoms with Crippen LogP contribution in [0.2, 0.25) is 0 Å². The molecule has 1 aliphatic carbocycles. The Morgan fingerprint density at radius 2 is 2.11 bits per heavy atom. The van der Waals surface area contributed by atoms with Gasteiger partial charge in [-0.3, -0.25) is 0 Å². The Morgan fingerprint density at radius 3 is 2.78 bits per heavy atom. The lowest BCUT2D eigenvalue weighted by Gasteiger charge is -2.17. The first-order valence-corrected chi connectivity index (χ1v) is 7.51. The number of nitrogens with one attached hydrogen (secondary N) is 1. The summed E-state index contributed by atoms with van der Waals surface area (Å²) >= 11 is 1.68. The quantitative estimate of drug-likeness (QED) is 0.860. The van der Waals surface area contributed by atoms with Crippen molar-refractivity contribution in [2.24, 2.45) is 0 Å². The molecule has 1 aliphatic rings. The van der Waals surface area contributed by atoms with Crippen molar-refractivity contribution in [3.05, 3.63) is 52.5 Å². The van der Waals surface area contributed by atoms with Gasteiger partial charge in [-0.15, -0.1) is 11.3 Å². The van der Waals surface area contributed by atoms with Gasteiger partial charge in [-0.25, -0.2) is 4.98 Å². The third-order valence-electron chi connectivity index (χ3n) is 3.44. The Labute approximate surface area is 112 Å². The summed E-state index contributed by atoms with van der Waals surface area (Å²) in [6.07, 6.45) is 3.73. The molecule has 0 spiro atoms. The van der Waals surface area contributed by atoms with Gasteiger partial charge in [0.2, 0.25) is 0 Å². The van der Waals surface area contributed by atoms with Gasteiger partial charge >= 0.3 is 0 Å². The number of aromatic nitrogens is 1. The van der Waals surface area contributed by atoms with Gasteiger partial charge in [0.15, 0.2) is 0 Å². The molecule has 0 amide bonds. The van der Waals surface area contributed by atoms with E-state index in [4.69, 9.17) is 0 Å². The Morgan fingerprint density at radius 1 is 1.28 bits per heavy atom. The molecule has 3 rings (SSSR count). The smallest absolute Gasteiger partial charge is 0.0794 e. The zero-order chi connectivity index (χ0) is 12.2. The van der Waals surface area contributed by atoms with E-state index in [1.165, 1.54) is 24.1 Å². The predicted octanol–water partition coefficient (Wildman–Crippen LogP) is 3.22. The lowest BCUT2D eigenvalue weighted by Crippen LogP contribution is -2.24. The molecule has 3 heteroatoms. The minimum atomic E-state index is 0.536. The maximum Gasteiger partial charge on any atom is 0.0794 e. The van der Waals surface area contributed by atoms with Gasteiger partial charge in [0.05, 0.1) is 11.2 Å². The molecule has 2 aromatic rings.